The Morgan fingerprint density at radius 1 is 1.19 bits per heavy atom. The molecule has 0 saturated carbocycles. The van der Waals surface area contributed by atoms with Gasteiger partial charge in [-0.2, -0.15) is 0 Å². The molecule has 0 spiro atoms. The van der Waals surface area contributed by atoms with E-state index in [1.165, 1.54) is 18.4 Å². The Labute approximate surface area is 160 Å². The third-order valence-electron chi connectivity index (χ3n) is 4.94. The van der Waals surface area contributed by atoms with E-state index in [0.29, 0.717) is 23.4 Å². The molecule has 1 saturated heterocycles. The van der Waals surface area contributed by atoms with Gasteiger partial charge in [-0.25, -0.2) is 0 Å². The predicted molar refractivity (Wildman–Crippen MR) is 104 cm³/mol. The highest BCUT2D eigenvalue weighted by Gasteiger charge is 2.27. The Hall–Kier alpha value is -2.04. The van der Waals surface area contributed by atoms with Crippen LogP contribution in [0.5, 0.6) is 5.75 Å². The Morgan fingerprint density at radius 2 is 1.92 bits per heavy atom. The van der Waals surface area contributed by atoms with Crippen LogP contribution in [0, 0.1) is 6.92 Å². The van der Waals surface area contributed by atoms with Crippen molar-refractivity contribution in [2.45, 2.75) is 25.8 Å². The zero-order valence-electron chi connectivity index (χ0n) is 15.1. The molecular weight excluding hydrogens is 348 g/mol. The number of carbonyl (C=O) groups is 1. The molecule has 1 fully saturated rings. The fraction of sp³-hybridized carbons (Fsp3) is 0.381. The predicted octanol–water partition coefficient (Wildman–Crippen LogP) is 2.56. The van der Waals surface area contributed by atoms with Crippen molar-refractivity contribution in [3.63, 3.8) is 0 Å². The van der Waals surface area contributed by atoms with Crippen molar-refractivity contribution >= 4 is 17.5 Å². The van der Waals surface area contributed by atoms with Crippen LogP contribution in [0.2, 0.25) is 5.02 Å². The first-order valence-electron chi connectivity index (χ1n) is 9.18. The lowest BCUT2D eigenvalue weighted by Gasteiger charge is -2.25. The third-order valence-corrected chi connectivity index (χ3v) is 5.37. The molecule has 0 radical (unpaired) electrons. The highest BCUT2D eigenvalue weighted by atomic mass is 35.5. The minimum absolute atomic E-state index is 0.0118. The Bertz CT molecular complexity index is 730. The SMILES string of the molecule is Cc1cc(OCC(=O)NC[C@H](c2ccccc2)[NH+]2CCCC2)ccc1Cl. The summed E-state index contributed by atoms with van der Waals surface area (Å²) in [5, 5.41) is 3.74. The average molecular weight is 374 g/mol. The summed E-state index contributed by atoms with van der Waals surface area (Å²) in [5.74, 6) is 0.559. The highest BCUT2D eigenvalue weighted by molar-refractivity contribution is 6.31. The van der Waals surface area contributed by atoms with E-state index < -0.39 is 0 Å². The molecule has 1 aliphatic heterocycles. The number of hydrogen-bond donors (Lipinski definition) is 2. The van der Waals surface area contributed by atoms with E-state index in [2.05, 4.69) is 29.6 Å². The first-order chi connectivity index (χ1) is 12.6. The highest BCUT2D eigenvalue weighted by Crippen LogP contribution is 2.20. The minimum Gasteiger partial charge on any atom is -0.484 e. The number of rotatable bonds is 7. The molecule has 1 amide bonds. The summed E-state index contributed by atoms with van der Waals surface area (Å²) < 4.78 is 5.59. The molecule has 0 aromatic heterocycles. The van der Waals surface area contributed by atoms with Gasteiger partial charge in [-0.3, -0.25) is 4.79 Å². The smallest absolute Gasteiger partial charge is 0.258 e. The summed E-state index contributed by atoms with van der Waals surface area (Å²) in [6.07, 6.45) is 2.51. The number of ether oxygens (including phenoxy) is 1. The standard InChI is InChI=1S/C21H25ClN2O2/c1-16-13-18(9-10-19(16)22)26-15-21(25)23-14-20(24-11-5-6-12-24)17-7-3-2-4-8-17/h2-4,7-10,13,20H,5-6,11-12,14-15H2,1H3,(H,23,25)/p+1/t20-/m1/s1. The lowest BCUT2D eigenvalue weighted by molar-refractivity contribution is -0.918. The van der Waals surface area contributed by atoms with Crippen molar-refractivity contribution in [3.8, 4) is 5.75 Å². The molecule has 2 aromatic carbocycles. The maximum absolute atomic E-state index is 12.2. The summed E-state index contributed by atoms with van der Waals surface area (Å²) in [4.78, 5) is 13.8. The summed E-state index contributed by atoms with van der Waals surface area (Å²) >= 11 is 6.01. The molecule has 2 N–H and O–H groups in total. The van der Waals surface area contributed by atoms with Gasteiger partial charge in [-0.05, 0) is 30.7 Å². The van der Waals surface area contributed by atoms with Gasteiger partial charge in [0.1, 0.15) is 11.8 Å². The molecule has 26 heavy (non-hydrogen) atoms. The number of nitrogens with one attached hydrogen (secondary N) is 2. The molecule has 1 atom stereocenters. The number of halogens is 1. The van der Waals surface area contributed by atoms with Crippen LogP contribution in [0.15, 0.2) is 48.5 Å². The number of benzene rings is 2. The monoisotopic (exact) mass is 373 g/mol. The Balaban J connectivity index is 1.54. The first kappa shape index (κ1) is 18.7. The van der Waals surface area contributed by atoms with E-state index in [-0.39, 0.29) is 12.5 Å². The second-order valence-corrected chi connectivity index (χ2v) is 7.24. The Kier molecular flexibility index (Phi) is 6.53. The van der Waals surface area contributed by atoms with Crippen LogP contribution in [0.3, 0.4) is 0 Å². The average Bonchev–Trinajstić information content (AvgIpc) is 3.18. The maximum Gasteiger partial charge on any atom is 0.258 e. The normalized spacial score (nSPS) is 15.6. The molecule has 1 heterocycles. The lowest BCUT2D eigenvalue weighted by Crippen LogP contribution is -3.11. The van der Waals surface area contributed by atoms with Gasteiger partial charge in [0.05, 0.1) is 19.6 Å². The summed E-state index contributed by atoms with van der Waals surface area (Å²) in [6, 6.07) is 16.1. The van der Waals surface area contributed by atoms with Gasteiger partial charge in [-0.1, -0.05) is 41.9 Å². The molecule has 1 aliphatic rings. The second-order valence-electron chi connectivity index (χ2n) is 6.83. The molecule has 0 unspecified atom stereocenters. The van der Waals surface area contributed by atoms with Crippen molar-refractivity contribution < 1.29 is 14.4 Å². The number of carbonyl (C=O) groups excluding carboxylic acids is 1. The summed E-state index contributed by atoms with van der Waals surface area (Å²) in [6.45, 7) is 4.88. The van der Waals surface area contributed by atoms with Gasteiger partial charge >= 0.3 is 0 Å². The van der Waals surface area contributed by atoms with E-state index in [4.69, 9.17) is 16.3 Å². The van der Waals surface area contributed by atoms with Gasteiger partial charge in [0, 0.05) is 23.4 Å². The lowest BCUT2D eigenvalue weighted by atomic mass is 10.1. The van der Waals surface area contributed by atoms with Gasteiger partial charge in [-0.15, -0.1) is 0 Å². The maximum atomic E-state index is 12.2. The Morgan fingerprint density at radius 3 is 2.62 bits per heavy atom. The summed E-state index contributed by atoms with van der Waals surface area (Å²) in [5.41, 5.74) is 2.21. The zero-order chi connectivity index (χ0) is 18.4. The van der Waals surface area contributed by atoms with Crippen LogP contribution < -0.4 is 15.0 Å². The van der Waals surface area contributed by atoms with Crippen LogP contribution in [-0.4, -0.2) is 32.1 Å². The number of amides is 1. The molecule has 138 valence electrons. The van der Waals surface area contributed by atoms with E-state index in [0.717, 1.165) is 18.7 Å². The van der Waals surface area contributed by atoms with Crippen LogP contribution in [0.1, 0.15) is 30.0 Å². The second kappa shape index (κ2) is 9.06. The van der Waals surface area contributed by atoms with E-state index in [1.54, 1.807) is 17.0 Å². The van der Waals surface area contributed by atoms with Crippen molar-refractivity contribution in [2.75, 3.05) is 26.2 Å². The summed E-state index contributed by atoms with van der Waals surface area (Å²) in [7, 11) is 0. The van der Waals surface area contributed by atoms with Crippen molar-refractivity contribution in [3.05, 3.63) is 64.7 Å². The number of quaternary nitrogens is 1. The van der Waals surface area contributed by atoms with E-state index in [1.807, 2.05) is 19.1 Å². The molecule has 5 heteroatoms. The molecular formula is C21H26ClN2O2+. The first-order valence-corrected chi connectivity index (χ1v) is 9.56. The topological polar surface area (TPSA) is 42.8 Å². The van der Waals surface area contributed by atoms with Crippen molar-refractivity contribution in [2.24, 2.45) is 0 Å². The van der Waals surface area contributed by atoms with Crippen molar-refractivity contribution in [1.29, 1.82) is 0 Å². The molecule has 0 bridgehead atoms. The zero-order valence-corrected chi connectivity index (χ0v) is 15.9. The van der Waals surface area contributed by atoms with Gasteiger partial charge in [0.25, 0.3) is 5.91 Å². The number of aryl methyl sites for hydroxylation is 1. The molecule has 2 aromatic rings. The largest absolute Gasteiger partial charge is 0.484 e. The molecule has 4 nitrogen and oxygen atoms in total. The third kappa shape index (κ3) is 4.99. The van der Waals surface area contributed by atoms with Crippen LogP contribution in [0.25, 0.3) is 0 Å². The van der Waals surface area contributed by atoms with Gasteiger partial charge < -0.3 is 15.0 Å². The van der Waals surface area contributed by atoms with Crippen LogP contribution in [0.4, 0.5) is 0 Å². The van der Waals surface area contributed by atoms with Gasteiger partial charge in [0.2, 0.25) is 0 Å². The van der Waals surface area contributed by atoms with Crippen LogP contribution in [-0.2, 0) is 4.79 Å². The van der Waals surface area contributed by atoms with Crippen molar-refractivity contribution in [1.82, 2.24) is 5.32 Å². The number of hydrogen-bond acceptors (Lipinski definition) is 2. The van der Waals surface area contributed by atoms with E-state index >= 15 is 0 Å². The minimum atomic E-state index is -0.0999. The molecule has 3 rings (SSSR count). The fourth-order valence-corrected chi connectivity index (χ4v) is 3.60. The van der Waals surface area contributed by atoms with Gasteiger partial charge in [0.15, 0.2) is 6.61 Å². The quantitative estimate of drug-likeness (QED) is 0.783. The van der Waals surface area contributed by atoms with E-state index in [9.17, 15) is 4.79 Å². The van der Waals surface area contributed by atoms with Crippen LogP contribution >= 0.6 is 11.6 Å². The number of likely N-dealkylation sites (tertiary alicyclic amines) is 1. The fourth-order valence-electron chi connectivity index (χ4n) is 3.48. The molecule has 0 aliphatic carbocycles.